The maximum Gasteiger partial charge on any atom is 0.472 e. The Labute approximate surface area is 551 Å². The zero-order valence-corrected chi connectivity index (χ0v) is 60.1. The van der Waals surface area contributed by atoms with E-state index in [-0.39, 0.29) is 31.5 Å². The third-order valence-electron chi connectivity index (χ3n) is 16.5. The van der Waals surface area contributed by atoms with E-state index in [0.29, 0.717) is 17.4 Å². The highest BCUT2D eigenvalue weighted by molar-refractivity contribution is 7.47. The average molecular weight is 1270 g/mol. The monoisotopic (exact) mass is 1260 g/mol. The molecule has 2 N–H and O–H groups in total. The first-order valence-corrected chi connectivity index (χ1v) is 39.1. The van der Waals surface area contributed by atoms with Crippen molar-refractivity contribution in [2.45, 2.75) is 354 Å². The van der Waals surface area contributed by atoms with E-state index >= 15 is 0 Å². The number of unbranched alkanes of at least 4 members (excludes halogenated alkanes) is 38. The Hall–Kier alpha value is -3.07. The molecule has 9 nitrogen and oxygen atoms in total. The Balaban J connectivity index is 5.07. The van der Waals surface area contributed by atoms with Crippen LogP contribution in [0.15, 0.2) is 97.2 Å². The van der Waals surface area contributed by atoms with Gasteiger partial charge in [0.1, 0.15) is 19.3 Å². The number of nitrogens with zero attached hydrogens (tertiary/aromatic N) is 1. The molecule has 0 aromatic heterocycles. The summed E-state index contributed by atoms with van der Waals surface area (Å²) in [5, 5.41) is 3.07. The van der Waals surface area contributed by atoms with Crippen molar-refractivity contribution in [2.75, 3.05) is 40.9 Å². The van der Waals surface area contributed by atoms with Gasteiger partial charge in [-0.15, -0.1) is 0 Å². The number of phosphoric acid groups is 1. The second kappa shape index (κ2) is 67.8. The first-order chi connectivity index (χ1) is 43.4. The van der Waals surface area contributed by atoms with Gasteiger partial charge in [0.15, 0.2) is 0 Å². The number of carbonyl (C=O) groups excluding carboxylic acids is 2. The molecule has 516 valence electrons. The third kappa shape index (κ3) is 69.1. The van der Waals surface area contributed by atoms with Gasteiger partial charge in [-0.1, -0.05) is 311 Å². The number of hydrogen-bond acceptors (Lipinski definition) is 6. The summed E-state index contributed by atoms with van der Waals surface area (Å²) >= 11 is 0. The molecule has 0 spiro atoms. The number of carbonyl (C=O) groups is 2. The van der Waals surface area contributed by atoms with Crippen LogP contribution in [0.5, 0.6) is 0 Å². The Morgan fingerprint density at radius 2 is 0.685 bits per heavy atom. The quantitative estimate of drug-likeness (QED) is 0.0205. The minimum absolute atomic E-state index is 0.0356. The SMILES string of the molecule is CCCCC/C=C\C/C=C\C/C=C\C/C=C\CCCCCCCCCCCC(=O)NC(COP(=O)(O)OCC[N+](C)(C)C)C(/C=C/CCCCCCCCCCCCC)OC(=O)CCCCCCCCCCCCCC/C=C\C/C=C\C/C=C\CCCCC. The number of esters is 1. The Kier molecular flexibility index (Phi) is 65.5. The molecule has 0 aliphatic carbocycles. The van der Waals surface area contributed by atoms with Crippen molar-refractivity contribution in [3.8, 4) is 0 Å². The maximum absolute atomic E-state index is 13.7. The van der Waals surface area contributed by atoms with Crippen LogP contribution >= 0.6 is 7.82 Å². The molecular weight excluding hydrogens is 1120 g/mol. The van der Waals surface area contributed by atoms with Crippen molar-refractivity contribution in [3.63, 3.8) is 0 Å². The number of rotatable bonds is 68. The molecule has 10 heteroatoms. The van der Waals surface area contributed by atoms with Crippen molar-refractivity contribution in [3.05, 3.63) is 97.2 Å². The minimum Gasteiger partial charge on any atom is -0.456 e. The van der Waals surface area contributed by atoms with E-state index in [9.17, 15) is 19.0 Å². The molecule has 0 heterocycles. The summed E-state index contributed by atoms with van der Waals surface area (Å²) in [7, 11) is 1.49. The molecule has 89 heavy (non-hydrogen) atoms. The molecule has 0 saturated heterocycles. The number of phosphoric ester groups is 1. The van der Waals surface area contributed by atoms with Crippen LogP contribution < -0.4 is 5.32 Å². The molecule has 0 aliphatic heterocycles. The van der Waals surface area contributed by atoms with Gasteiger partial charge in [-0.2, -0.15) is 0 Å². The van der Waals surface area contributed by atoms with Crippen molar-refractivity contribution < 1.29 is 37.3 Å². The van der Waals surface area contributed by atoms with Gasteiger partial charge in [-0.25, -0.2) is 4.57 Å². The van der Waals surface area contributed by atoms with Crippen molar-refractivity contribution in [2.24, 2.45) is 0 Å². The van der Waals surface area contributed by atoms with Crippen molar-refractivity contribution >= 4 is 19.7 Å². The maximum atomic E-state index is 13.7. The molecule has 3 atom stereocenters. The molecule has 0 fully saturated rings. The summed E-state index contributed by atoms with van der Waals surface area (Å²) in [4.78, 5) is 38.0. The second-order valence-corrected chi connectivity index (χ2v) is 27.9. The zero-order valence-electron chi connectivity index (χ0n) is 59.2. The summed E-state index contributed by atoms with van der Waals surface area (Å²) in [6.45, 7) is 6.98. The van der Waals surface area contributed by atoms with Crippen LogP contribution in [-0.2, 0) is 27.9 Å². The lowest BCUT2D eigenvalue weighted by Crippen LogP contribution is -2.47. The summed E-state index contributed by atoms with van der Waals surface area (Å²) in [5.74, 6) is -0.507. The number of nitrogens with one attached hydrogen (secondary N) is 1. The van der Waals surface area contributed by atoms with Gasteiger partial charge in [-0.3, -0.25) is 18.6 Å². The fourth-order valence-corrected chi connectivity index (χ4v) is 11.4. The number of hydrogen-bond donors (Lipinski definition) is 2. The van der Waals surface area contributed by atoms with Crippen LogP contribution in [0.3, 0.4) is 0 Å². The lowest BCUT2D eigenvalue weighted by molar-refractivity contribution is -0.870. The predicted octanol–water partition coefficient (Wildman–Crippen LogP) is 24.2. The number of amides is 1. The molecular formula is C79H144N2O7P+. The van der Waals surface area contributed by atoms with Gasteiger partial charge in [0.05, 0.1) is 33.8 Å². The van der Waals surface area contributed by atoms with Crippen LogP contribution in [0.1, 0.15) is 342 Å². The molecule has 0 radical (unpaired) electrons. The van der Waals surface area contributed by atoms with Crippen LogP contribution in [-0.4, -0.2) is 74.3 Å². The largest absolute Gasteiger partial charge is 0.472 e. The van der Waals surface area contributed by atoms with Crippen LogP contribution in [0, 0.1) is 0 Å². The molecule has 1 amide bonds. The highest BCUT2D eigenvalue weighted by Crippen LogP contribution is 2.43. The summed E-state index contributed by atoms with van der Waals surface area (Å²) in [5.41, 5.74) is 0. The highest BCUT2D eigenvalue weighted by Gasteiger charge is 2.30. The zero-order chi connectivity index (χ0) is 64.9. The third-order valence-corrected chi connectivity index (χ3v) is 17.5. The first kappa shape index (κ1) is 85.9. The van der Waals surface area contributed by atoms with Crippen molar-refractivity contribution in [1.29, 1.82) is 0 Å². The minimum atomic E-state index is -4.46. The van der Waals surface area contributed by atoms with E-state index < -0.39 is 20.0 Å². The second-order valence-electron chi connectivity index (χ2n) is 26.5. The first-order valence-electron chi connectivity index (χ1n) is 37.6. The predicted molar refractivity (Wildman–Crippen MR) is 387 cm³/mol. The fourth-order valence-electron chi connectivity index (χ4n) is 10.7. The smallest absolute Gasteiger partial charge is 0.456 e. The molecule has 0 aromatic carbocycles. The van der Waals surface area contributed by atoms with E-state index in [1.165, 1.54) is 205 Å². The highest BCUT2D eigenvalue weighted by atomic mass is 31.2. The van der Waals surface area contributed by atoms with Gasteiger partial charge < -0.3 is 19.4 Å². The molecule has 0 aliphatic rings. The van der Waals surface area contributed by atoms with E-state index in [4.69, 9.17) is 13.8 Å². The average Bonchev–Trinajstić information content (AvgIpc) is 3.67. The molecule has 0 aromatic rings. The Bertz CT molecular complexity index is 1840. The van der Waals surface area contributed by atoms with E-state index in [1.54, 1.807) is 0 Å². The van der Waals surface area contributed by atoms with Crippen LogP contribution in [0.2, 0.25) is 0 Å². The topological polar surface area (TPSA) is 111 Å². The van der Waals surface area contributed by atoms with Gasteiger partial charge >= 0.3 is 13.8 Å². The lowest BCUT2D eigenvalue weighted by atomic mass is 10.0. The fraction of sp³-hybridized carbons (Fsp3) is 0.772. The molecule has 0 saturated carbocycles. The van der Waals surface area contributed by atoms with Gasteiger partial charge in [0, 0.05) is 12.8 Å². The number of ether oxygens (including phenoxy) is 1. The van der Waals surface area contributed by atoms with Crippen molar-refractivity contribution in [1.82, 2.24) is 5.32 Å². The number of allylic oxidation sites excluding steroid dienone is 15. The Morgan fingerprint density at radius 3 is 1.04 bits per heavy atom. The summed E-state index contributed by atoms with van der Waals surface area (Å²) < 4.78 is 30.9. The van der Waals surface area contributed by atoms with Gasteiger partial charge in [-0.05, 0) is 115 Å². The molecule has 0 bridgehead atoms. The summed E-state index contributed by atoms with van der Waals surface area (Å²) in [6.07, 6.45) is 92.7. The lowest BCUT2D eigenvalue weighted by Gasteiger charge is -2.27. The van der Waals surface area contributed by atoms with Crippen LogP contribution in [0.25, 0.3) is 0 Å². The number of quaternary nitrogens is 1. The van der Waals surface area contributed by atoms with E-state index in [1.807, 2.05) is 33.3 Å². The summed E-state index contributed by atoms with van der Waals surface area (Å²) in [6, 6.07) is -0.859. The van der Waals surface area contributed by atoms with E-state index in [0.717, 1.165) is 103 Å². The normalized spacial score (nSPS) is 14.0. The van der Waals surface area contributed by atoms with Crippen LogP contribution in [0.4, 0.5) is 0 Å². The van der Waals surface area contributed by atoms with Gasteiger partial charge in [0.25, 0.3) is 0 Å². The number of likely N-dealkylation sites (N-methyl/N-ethyl adjacent to an activating group) is 1. The van der Waals surface area contributed by atoms with E-state index in [2.05, 4.69) is 111 Å². The molecule has 0 rings (SSSR count). The standard InChI is InChI=1S/C79H143N2O7P/c1-7-10-13-16-19-22-25-28-30-32-34-36-38-40-42-44-46-48-50-53-56-59-62-65-68-71-78(82)80-76(75-87-89(84,85)86-74-73-81(4,5)6)77(70-67-64-61-58-55-52-27-24-21-18-15-12-9-3)88-79(83)72-69-66-63-60-57-54-51-49-47-45-43-41-39-37-35-33-31-29-26-23-20-17-14-11-8-2/h19-20,22-23,28-31,34-37,40,42,67,70,76-77H,7-18,21,24-27,32-33,38-39,41,43-66,68-69,71-75H2,1-6H3,(H-,80,82,84,85)/p+1/b22-19-,23-20-,30-28-,31-29-,36-34-,37-35-,42-40-,70-67+. The van der Waals surface area contributed by atoms with Gasteiger partial charge in [0.2, 0.25) is 5.91 Å². The molecule has 3 unspecified atom stereocenters. The Morgan fingerprint density at radius 1 is 0.393 bits per heavy atom.